The predicted molar refractivity (Wildman–Crippen MR) is 87.4 cm³/mol. The van der Waals surface area contributed by atoms with E-state index in [1.807, 2.05) is 0 Å². The van der Waals surface area contributed by atoms with Crippen LogP contribution in [0.4, 0.5) is 18.9 Å². The summed E-state index contributed by atoms with van der Waals surface area (Å²) in [4.78, 5) is 34.8. The van der Waals surface area contributed by atoms with E-state index >= 15 is 0 Å². The van der Waals surface area contributed by atoms with E-state index in [9.17, 15) is 32.9 Å². The molecule has 2 rings (SSSR count). The summed E-state index contributed by atoms with van der Waals surface area (Å²) in [5.41, 5.74) is 0.140. The van der Waals surface area contributed by atoms with Gasteiger partial charge in [-0.1, -0.05) is 12.1 Å². The Hall–Kier alpha value is -2.91. The Balaban J connectivity index is 1.83. The maximum Gasteiger partial charge on any atom is 0.454 e. The van der Waals surface area contributed by atoms with Gasteiger partial charge in [0.05, 0.1) is 16.4 Å². The zero-order valence-electron chi connectivity index (χ0n) is 14.1. The third-order valence-corrected chi connectivity index (χ3v) is 4.14. The lowest BCUT2D eigenvalue weighted by molar-refractivity contribution is -0.385. The molecule has 0 saturated carbocycles. The molecule has 1 fully saturated rings. The van der Waals surface area contributed by atoms with Crippen LogP contribution in [0.1, 0.15) is 18.4 Å². The van der Waals surface area contributed by atoms with Crippen molar-refractivity contribution in [3.8, 4) is 0 Å². The second-order valence-corrected chi connectivity index (χ2v) is 5.98. The number of carbonyl (C=O) groups is 2. The minimum absolute atomic E-state index is 0.139. The van der Waals surface area contributed by atoms with Gasteiger partial charge in [-0.25, -0.2) is 0 Å². The van der Waals surface area contributed by atoms with E-state index in [1.54, 1.807) is 6.07 Å². The summed E-state index contributed by atoms with van der Waals surface area (Å²) in [5, 5.41) is 10.9. The van der Waals surface area contributed by atoms with Crippen molar-refractivity contribution < 1.29 is 32.4 Å². The number of rotatable bonds is 6. The summed E-state index contributed by atoms with van der Waals surface area (Å²) >= 11 is 0. The highest BCUT2D eigenvalue weighted by Gasteiger charge is 2.36. The maximum atomic E-state index is 12.2. The Morgan fingerprint density at radius 2 is 1.89 bits per heavy atom. The molecule has 0 aliphatic carbocycles. The molecule has 1 heterocycles. The van der Waals surface area contributed by atoms with Crippen LogP contribution in [0.3, 0.4) is 0 Å². The van der Waals surface area contributed by atoms with Gasteiger partial charge < -0.3 is 9.64 Å². The number of hydrogen-bond acceptors (Lipinski definition) is 6. The van der Waals surface area contributed by atoms with E-state index in [2.05, 4.69) is 0 Å². The maximum absolute atomic E-state index is 12.2. The number of nitro groups is 1. The van der Waals surface area contributed by atoms with Crippen LogP contribution in [0.25, 0.3) is 0 Å². The number of benzene rings is 1. The molecule has 0 radical (unpaired) electrons. The number of ether oxygens (including phenoxy) is 1. The van der Waals surface area contributed by atoms with Gasteiger partial charge in [-0.3, -0.25) is 19.7 Å². The number of carbonyl (C=O) groups excluding carboxylic acids is 2. The molecule has 1 aromatic rings. The Kier molecular flexibility index (Phi) is 6.54. The van der Waals surface area contributed by atoms with Crippen LogP contribution in [0.15, 0.2) is 36.5 Å². The smallest absolute Gasteiger partial charge is 0.454 e. The molecule has 10 heteroatoms. The van der Waals surface area contributed by atoms with Crippen molar-refractivity contribution in [1.29, 1.82) is 0 Å². The summed E-state index contributed by atoms with van der Waals surface area (Å²) in [6.07, 6.45) is -2.67. The standard InChI is InChI=1S/C17H17F3N2O5/c18-17(19,20)15(23)7-10-21-8-5-12(6-9-21)16(24)27-11-13-3-1-2-4-14(13)22(25)26/h1-4,7,10,12H,5-6,8-9,11H2. The molecular weight excluding hydrogens is 369 g/mol. The first-order valence-corrected chi connectivity index (χ1v) is 8.11. The monoisotopic (exact) mass is 386 g/mol. The normalized spacial score (nSPS) is 15.7. The molecule has 7 nitrogen and oxygen atoms in total. The molecule has 0 bridgehead atoms. The molecule has 0 atom stereocenters. The minimum Gasteiger partial charge on any atom is -0.460 e. The Bertz CT molecular complexity index is 740. The zero-order valence-corrected chi connectivity index (χ0v) is 14.1. The molecule has 27 heavy (non-hydrogen) atoms. The minimum atomic E-state index is -4.90. The largest absolute Gasteiger partial charge is 0.460 e. The van der Waals surface area contributed by atoms with E-state index in [-0.39, 0.29) is 17.9 Å². The van der Waals surface area contributed by atoms with Crippen molar-refractivity contribution in [2.24, 2.45) is 5.92 Å². The van der Waals surface area contributed by atoms with Crippen LogP contribution in [0, 0.1) is 16.0 Å². The second kappa shape index (κ2) is 8.65. The number of ketones is 1. The van der Waals surface area contributed by atoms with Crippen molar-refractivity contribution in [1.82, 2.24) is 4.90 Å². The predicted octanol–water partition coefficient (Wildman–Crippen LogP) is 3.00. The number of alkyl halides is 3. The molecule has 1 aliphatic heterocycles. The number of likely N-dealkylation sites (tertiary alicyclic amines) is 1. The van der Waals surface area contributed by atoms with Crippen LogP contribution in [-0.4, -0.2) is 40.8 Å². The van der Waals surface area contributed by atoms with Crippen LogP contribution >= 0.6 is 0 Å². The topological polar surface area (TPSA) is 89.8 Å². The lowest BCUT2D eigenvalue weighted by atomic mass is 9.97. The van der Waals surface area contributed by atoms with E-state index < -0.39 is 28.8 Å². The van der Waals surface area contributed by atoms with Gasteiger partial charge in [0.1, 0.15) is 6.61 Å². The molecule has 1 saturated heterocycles. The lowest BCUT2D eigenvalue weighted by Gasteiger charge is -2.29. The van der Waals surface area contributed by atoms with E-state index in [0.29, 0.717) is 32.0 Å². The van der Waals surface area contributed by atoms with E-state index in [4.69, 9.17) is 4.74 Å². The lowest BCUT2D eigenvalue weighted by Crippen LogP contribution is -2.34. The average Bonchev–Trinajstić information content (AvgIpc) is 2.63. The fourth-order valence-corrected chi connectivity index (χ4v) is 2.63. The summed E-state index contributed by atoms with van der Waals surface area (Å²) in [7, 11) is 0. The number of esters is 1. The molecule has 1 aliphatic rings. The van der Waals surface area contributed by atoms with Crippen LogP contribution in [0.5, 0.6) is 0 Å². The number of para-hydroxylation sites is 1. The van der Waals surface area contributed by atoms with Crippen LogP contribution in [0.2, 0.25) is 0 Å². The summed E-state index contributed by atoms with van der Waals surface area (Å²) in [6, 6.07) is 5.92. The fraction of sp³-hybridized carbons (Fsp3) is 0.412. The molecule has 1 aromatic carbocycles. The SMILES string of the molecule is O=C(OCc1ccccc1[N+](=O)[O-])C1CCN(C=CC(=O)C(F)(F)F)CC1. The van der Waals surface area contributed by atoms with Crippen LogP contribution < -0.4 is 0 Å². The van der Waals surface area contributed by atoms with Crippen molar-refractivity contribution in [3.63, 3.8) is 0 Å². The molecule has 0 spiro atoms. The van der Waals surface area contributed by atoms with Gasteiger partial charge >= 0.3 is 12.1 Å². The quantitative estimate of drug-likeness (QED) is 0.323. The number of piperidine rings is 1. The van der Waals surface area contributed by atoms with Crippen molar-refractivity contribution in [2.45, 2.75) is 25.6 Å². The van der Waals surface area contributed by atoms with Gasteiger partial charge in [0.2, 0.25) is 0 Å². The summed E-state index contributed by atoms with van der Waals surface area (Å²) in [6.45, 7) is 0.371. The second-order valence-electron chi connectivity index (χ2n) is 5.98. The number of nitro benzene ring substituents is 1. The number of nitrogens with zero attached hydrogens (tertiary/aromatic N) is 2. The Morgan fingerprint density at radius 1 is 1.26 bits per heavy atom. The van der Waals surface area contributed by atoms with Gasteiger partial charge in [-0.05, 0) is 18.9 Å². The van der Waals surface area contributed by atoms with E-state index in [1.165, 1.54) is 23.1 Å². The molecule has 146 valence electrons. The highest BCUT2D eigenvalue weighted by Crippen LogP contribution is 2.23. The van der Waals surface area contributed by atoms with E-state index in [0.717, 1.165) is 6.20 Å². The number of halogens is 3. The third-order valence-electron chi connectivity index (χ3n) is 4.14. The first-order valence-electron chi connectivity index (χ1n) is 8.11. The highest BCUT2D eigenvalue weighted by molar-refractivity contribution is 5.94. The Morgan fingerprint density at radius 3 is 2.48 bits per heavy atom. The molecule has 0 amide bonds. The van der Waals surface area contributed by atoms with Gasteiger partial charge in [0.15, 0.2) is 0 Å². The van der Waals surface area contributed by atoms with Gasteiger partial charge in [0.25, 0.3) is 11.5 Å². The molecule has 0 aromatic heterocycles. The third kappa shape index (κ3) is 5.80. The number of hydrogen-bond donors (Lipinski definition) is 0. The van der Waals surface area contributed by atoms with Crippen LogP contribution in [-0.2, 0) is 20.9 Å². The highest BCUT2D eigenvalue weighted by atomic mass is 19.4. The van der Waals surface area contributed by atoms with Gasteiger partial charge in [0, 0.05) is 31.4 Å². The molecule has 0 N–H and O–H groups in total. The first-order chi connectivity index (χ1) is 12.7. The number of allylic oxidation sites excluding steroid dienone is 1. The van der Waals surface area contributed by atoms with Gasteiger partial charge in [-0.15, -0.1) is 0 Å². The molecule has 0 unspecified atom stereocenters. The zero-order chi connectivity index (χ0) is 20.0. The summed E-state index contributed by atoms with van der Waals surface area (Å²) < 4.78 is 41.6. The van der Waals surface area contributed by atoms with Crippen molar-refractivity contribution in [3.05, 3.63) is 52.2 Å². The van der Waals surface area contributed by atoms with Gasteiger partial charge in [-0.2, -0.15) is 13.2 Å². The van der Waals surface area contributed by atoms with Crippen molar-refractivity contribution >= 4 is 17.4 Å². The van der Waals surface area contributed by atoms with Crippen molar-refractivity contribution in [2.75, 3.05) is 13.1 Å². The molecular formula is C17H17F3N2O5. The summed E-state index contributed by atoms with van der Waals surface area (Å²) in [5.74, 6) is -2.90. The Labute approximate surface area is 152 Å². The fourth-order valence-electron chi connectivity index (χ4n) is 2.63. The average molecular weight is 386 g/mol. The first kappa shape index (κ1) is 20.4.